The van der Waals surface area contributed by atoms with Gasteiger partial charge in [0.15, 0.2) is 0 Å². The Morgan fingerprint density at radius 3 is 2.60 bits per heavy atom. The van der Waals surface area contributed by atoms with Gasteiger partial charge in [0.1, 0.15) is 6.10 Å². The van der Waals surface area contributed by atoms with Crippen molar-refractivity contribution in [3.05, 3.63) is 24.3 Å². The number of thiocarbonyl (C=S) groups is 1. The molecule has 1 aromatic rings. The zero-order valence-electron chi connectivity index (χ0n) is 14.1. The summed E-state index contributed by atoms with van der Waals surface area (Å²) in [5.74, 6) is 0.0940. The summed E-state index contributed by atoms with van der Waals surface area (Å²) in [6.45, 7) is 1.77. The Morgan fingerprint density at radius 2 is 2.00 bits per heavy atom. The number of carbonyl (C=O) groups excluding carboxylic acids is 2. The normalized spacial score (nSPS) is 20.1. The molecule has 2 amide bonds. The molecule has 134 valence electrons. The highest BCUT2D eigenvalue weighted by molar-refractivity contribution is 7.80. The molecule has 25 heavy (non-hydrogen) atoms. The van der Waals surface area contributed by atoms with Crippen LogP contribution in [0.3, 0.4) is 0 Å². The summed E-state index contributed by atoms with van der Waals surface area (Å²) in [5, 5.41) is 3.15. The molecule has 2 aliphatic rings. The lowest BCUT2D eigenvalue weighted by Gasteiger charge is -2.19. The predicted octanol–water partition coefficient (Wildman–Crippen LogP) is 0.769. The zero-order valence-corrected chi connectivity index (χ0v) is 14.9. The van der Waals surface area contributed by atoms with Gasteiger partial charge in [-0.3, -0.25) is 9.69 Å². The Kier molecular flexibility index (Phi) is 4.93. The number of ether oxygens (including phenoxy) is 2. The average molecular weight is 364 g/mol. The maximum Gasteiger partial charge on any atom is 0.414 e. The van der Waals surface area contributed by atoms with Crippen molar-refractivity contribution >= 4 is 40.8 Å². The van der Waals surface area contributed by atoms with Gasteiger partial charge in [0.25, 0.3) is 5.17 Å². The average Bonchev–Trinajstić information content (AvgIpc) is 3.15. The number of likely N-dealkylation sites (N-methyl/N-ethyl adjacent to an activating group) is 1. The molecule has 0 aromatic heterocycles. The number of cyclic esters (lactones) is 1. The van der Waals surface area contributed by atoms with Crippen LogP contribution >= 0.6 is 12.2 Å². The quantitative estimate of drug-likeness (QED) is 0.791. The lowest BCUT2D eigenvalue weighted by atomic mass is 10.2. The van der Waals surface area contributed by atoms with Crippen LogP contribution in [0.4, 0.5) is 16.2 Å². The van der Waals surface area contributed by atoms with E-state index in [4.69, 9.17) is 21.7 Å². The summed E-state index contributed by atoms with van der Waals surface area (Å²) < 4.78 is 10.2. The minimum atomic E-state index is -0.390. The van der Waals surface area contributed by atoms with E-state index in [1.165, 1.54) is 7.11 Å². The lowest BCUT2D eigenvalue weighted by Crippen LogP contribution is -2.34. The SMILES string of the molecule is COC(=S)NC[C@H]1CN(c2ccc(N3CC(=O)N(C)C3)cc2)C(=O)O1. The van der Waals surface area contributed by atoms with Crippen LogP contribution in [-0.4, -0.2) is 68.6 Å². The van der Waals surface area contributed by atoms with Gasteiger partial charge in [-0.1, -0.05) is 0 Å². The van der Waals surface area contributed by atoms with E-state index in [1.54, 1.807) is 16.8 Å². The first-order chi connectivity index (χ1) is 12.0. The third-order valence-corrected chi connectivity index (χ3v) is 4.51. The van der Waals surface area contributed by atoms with E-state index in [9.17, 15) is 9.59 Å². The summed E-state index contributed by atoms with van der Waals surface area (Å²) in [4.78, 5) is 28.9. The van der Waals surface area contributed by atoms with E-state index in [0.717, 1.165) is 11.4 Å². The molecule has 0 aliphatic carbocycles. The molecule has 1 atom stereocenters. The highest BCUT2D eigenvalue weighted by atomic mass is 32.1. The molecule has 9 heteroatoms. The largest absolute Gasteiger partial charge is 0.474 e. The first kappa shape index (κ1) is 17.3. The highest BCUT2D eigenvalue weighted by Crippen LogP contribution is 2.26. The van der Waals surface area contributed by atoms with Crippen molar-refractivity contribution in [1.29, 1.82) is 0 Å². The Labute approximate surface area is 151 Å². The van der Waals surface area contributed by atoms with E-state index in [2.05, 4.69) is 5.32 Å². The van der Waals surface area contributed by atoms with Crippen LogP contribution in [0.2, 0.25) is 0 Å². The second-order valence-corrected chi connectivity index (χ2v) is 6.31. The molecule has 0 saturated carbocycles. The van der Waals surface area contributed by atoms with Crippen LogP contribution in [0.1, 0.15) is 0 Å². The topological polar surface area (TPSA) is 74.4 Å². The van der Waals surface area contributed by atoms with E-state index in [0.29, 0.717) is 26.3 Å². The van der Waals surface area contributed by atoms with Crippen LogP contribution in [-0.2, 0) is 14.3 Å². The van der Waals surface area contributed by atoms with Gasteiger partial charge in [-0.2, -0.15) is 0 Å². The Balaban J connectivity index is 1.61. The molecule has 1 aromatic carbocycles. The van der Waals surface area contributed by atoms with Crippen LogP contribution < -0.4 is 15.1 Å². The van der Waals surface area contributed by atoms with Gasteiger partial charge in [-0.15, -0.1) is 0 Å². The van der Waals surface area contributed by atoms with Crippen molar-refractivity contribution in [1.82, 2.24) is 10.2 Å². The first-order valence-corrected chi connectivity index (χ1v) is 8.27. The first-order valence-electron chi connectivity index (χ1n) is 7.87. The molecular weight excluding hydrogens is 344 g/mol. The van der Waals surface area contributed by atoms with Gasteiger partial charge in [-0.25, -0.2) is 4.79 Å². The molecular formula is C16H20N4O4S. The van der Waals surface area contributed by atoms with Gasteiger partial charge in [0.2, 0.25) is 5.91 Å². The summed E-state index contributed by atoms with van der Waals surface area (Å²) in [6.07, 6.45) is -0.691. The van der Waals surface area contributed by atoms with Gasteiger partial charge < -0.3 is 24.6 Å². The Hall–Kier alpha value is -2.55. The second-order valence-electron chi connectivity index (χ2n) is 5.94. The molecule has 0 radical (unpaired) electrons. The fourth-order valence-electron chi connectivity index (χ4n) is 2.79. The molecule has 2 aliphatic heterocycles. The third-order valence-electron chi connectivity index (χ3n) is 4.19. The van der Waals surface area contributed by atoms with Crippen molar-refractivity contribution in [3.63, 3.8) is 0 Å². The standard InChI is InChI=1S/C16H20N4O4S/c1-18-10-19(9-14(18)21)11-3-5-12(6-4-11)20-8-13(24-16(20)22)7-17-15(25)23-2/h3-6,13H,7-10H2,1-2H3,(H,17,25)/t13-/m0/s1. The van der Waals surface area contributed by atoms with Gasteiger partial charge in [-0.05, 0) is 36.5 Å². The number of amides is 2. The molecule has 1 N–H and O–H groups in total. The maximum absolute atomic E-state index is 12.1. The van der Waals surface area contributed by atoms with Crippen LogP contribution in [0.5, 0.6) is 0 Å². The smallest absolute Gasteiger partial charge is 0.414 e. The number of hydrogen-bond acceptors (Lipinski definition) is 6. The number of methoxy groups -OCH3 is 1. The fourth-order valence-corrected chi connectivity index (χ4v) is 2.88. The number of carbonyl (C=O) groups is 2. The summed E-state index contributed by atoms with van der Waals surface area (Å²) in [5.41, 5.74) is 1.70. The molecule has 0 unspecified atom stereocenters. The van der Waals surface area contributed by atoms with Crippen LogP contribution in [0.25, 0.3) is 0 Å². The van der Waals surface area contributed by atoms with Crippen molar-refractivity contribution in [3.8, 4) is 0 Å². The molecule has 3 rings (SSSR count). The highest BCUT2D eigenvalue weighted by Gasteiger charge is 2.32. The summed E-state index contributed by atoms with van der Waals surface area (Å²) in [7, 11) is 3.26. The van der Waals surface area contributed by atoms with Crippen LogP contribution in [0, 0.1) is 0 Å². The minimum Gasteiger partial charge on any atom is -0.474 e. The Morgan fingerprint density at radius 1 is 1.32 bits per heavy atom. The van der Waals surface area contributed by atoms with Crippen molar-refractivity contribution in [2.24, 2.45) is 0 Å². The van der Waals surface area contributed by atoms with E-state index in [-0.39, 0.29) is 23.3 Å². The van der Waals surface area contributed by atoms with Gasteiger partial charge in [0.05, 0.1) is 33.4 Å². The zero-order chi connectivity index (χ0) is 18.0. The number of rotatable bonds is 4. The van der Waals surface area contributed by atoms with Crippen LogP contribution in [0.15, 0.2) is 24.3 Å². The number of benzene rings is 1. The predicted molar refractivity (Wildman–Crippen MR) is 96.6 cm³/mol. The Bertz CT molecular complexity index is 681. The van der Waals surface area contributed by atoms with E-state index >= 15 is 0 Å². The van der Waals surface area contributed by atoms with Gasteiger partial charge >= 0.3 is 6.09 Å². The maximum atomic E-state index is 12.1. The number of nitrogens with one attached hydrogen (secondary N) is 1. The second kappa shape index (κ2) is 7.14. The molecule has 0 spiro atoms. The van der Waals surface area contributed by atoms with E-state index < -0.39 is 0 Å². The van der Waals surface area contributed by atoms with E-state index in [1.807, 2.05) is 29.2 Å². The molecule has 2 saturated heterocycles. The van der Waals surface area contributed by atoms with Crippen molar-refractivity contribution in [2.75, 3.05) is 50.3 Å². The minimum absolute atomic E-state index is 0.0940. The van der Waals surface area contributed by atoms with Crippen molar-refractivity contribution in [2.45, 2.75) is 6.10 Å². The van der Waals surface area contributed by atoms with Crippen molar-refractivity contribution < 1.29 is 19.1 Å². The molecule has 2 heterocycles. The summed E-state index contributed by atoms with van der Waals surface area (Å²) in [6, 6.07) is 7.52. The van der Waals surface area contributed by atoms with Gasteiger partial charge in [0, 0.05) is 18.4 Å². The number of nitrogens with zero attached hydrogens (tertiary/aromatic N) is 3. The third kappa shape index (κ3) is 3.76. The number of anilines is 2. The summed E-state index contributed by atoms with van der Waals surface area (Å²) >= 11 is 4.91. The lowest BCUT2D eigenvalue weighted by molar-refractivity contribution is -0.125. The monoisotopic (exact) mass is 364 g/mol. The molecule has 2 fully saturated rings. The number of hydrogen-bond donors (Lipinski definition) is 1. The molecule has 0 bridgehead atoms. The fraction of sp³-hybridized carbons (Fsp3) is 0.438. The molecule has 8 nitrogen and oxygen atoms in total.